The number of methoxy groups -OCH3 is 1. The Bertz CT molecular complexity index is 1090. The molecule has 0 spiro atoms. The van der Waals surface area contributed by atoms with Crippen LogP contribution in [0.15, 0.2) is 46.9 Å². The van der Waals surface area contributed by atoms with Crippen LogP contribution in [-0.2, 0) is 12.8 Å². The van der Waals surface area contributed by atoms with Gasteiger partial charge in [-0.25, -0.2) is 0 Å². The van der Waals surface area contributed by atoms with E-state index in [1.807, 2.05) is 12.1 Å². The molecule has 0 aliphatic rings. The van der Waals surface area contributed by atoms with Crippen molar-refractivity contribution in [2.24, 2.45) is 0 Å². The van der Waals surface area contributed by atoms with Gasteiger partial charge in [0.15, 0.2) is 11.6 Å². The zero-order valence-electron chi connectivity index (χ0n) is 14.4. The van der Waals surface area contributed by atoms with E-state index in [1.54, 1.807) is 37.4 Å². The van der Waals surface area contributed by atoms with Gasteiger partial charge in [0.1, 0.15) is 11.3 Å². The molecule has 0 saturated carbocycles. The van der Waals surface area contributed by atoms with Crippen molar-refractivity contribution >= 4 is 28.4 Å². The van der Waals surface area contributed by atoms with Crippen LogP contribution in [0.25, 0.3) is 11.0 Å². The van der Waals surface area contributed by atoms with Gasteiger partial charge in [0.2, 0.25) is 5.78 Å². The second kappa shape index (κ2) is 7.20. The SMILES string of the molecule is COc1ccc2c(CCc3nn[nH]n3)c(C(=O)c3ccc(Cl)cc3)oc2c1. The molecule has 1 N–H and O–H groups in total. The van der Waals surface area contributed by atoms with Crippen molar-refractivity contribution in [3.63, 3.8) is 0 Å². The highest BCUT2D eigenvalue weighted by Gasteiger charge is 2.22. The molecule has 0 bridgehead atoms. The fourth-order valence-corrected chi connectivity index (χ4v) is 3.07. The Labute approximate surface area is 159 Å². The molecule has 27 heavy (non-hydrogen) atoms. The number of tetrazole rings is 1. The lowest BCUT2D eigenvalue weighted by Gasteiger charge is -2.02. The van der Waals surface area contributed by atoms with Crippen LogP contribution in [0.1, 0.15) is 27.5 Å². The first-order chi connectivity index (χ1) is 13.2. The van der Waals surface area contributed by atoms with Crippen LogP contribution in [-0.4, -0.2) is 33.5 Å². The van der Waals surface area contributed by atoms with Gasteiger partial charge in [0.05, 0.1) is 7.11 Å². The van der Waals surface area contributed by atoms with E-state index < -0.39 is 0 Å². The first kappa shape index (κ1) is 17.2. The normalized spacial score (nSPS) is 11.0. The molecular formula is C19H15ClN4O3. The smallest absolute Gasteiger partial charge is 0.228 e. The summed E-state index contributed by atoms with van der Waals surface area (Å²) in [5.41, 5.74) is 1.90. The predicted molar refractivity (Wildman–Crippen MR) is 99.2 cm³/mol. The molecule has 4 rings (SSSR count). The first-order valence-corrected chi connectivity index (χ1v) is 8.65. The van der Waals surface area contributed by atoms with Crippen molar-refractivity contribution in [1.82, 2.24) is 20.6 Å². The third-order valence-electron chi connectivity index (χ3n) is 4.30. The minimum Gasteiger partial charge on any atom is -0.497 e. The van der Waals surface area contributed by atoms with Crippen LogP contribution in [0.3, 0.4) is 0 Å². The number of carbonyl (C=O) groups excluding carboxylic acids is 1. The largest absolute Gasteiger partial charge is 0.497 e. The quantitative estimate of drug-likeness (QED) is 0.512. The topological polar surface area (TPSA) is 93.9 Å². The fraction of sp³-hybridized carbons (Fsp3) is 0.158. The number of aryl methyl sites for hydroxylation is 2. The number of ketones is 1. The summed E-state index contributed by atoms with van der Waals surface area (Å²) in [4.78, 5) is 13.0. The first-order valence-electron chi connectivity index (χ1n) is 8.27. The Morgan fingerprint density at radius 3 is 2.70 bits per heavy atom. The minimum absolute atomic E-state index is 0.204. The van der Waals surface area contributed by atoms with Crippen molar-refractivity contribution in [1.29, 1.82) is 0 Å². The molecule has 0 aliphatic heterocycles. The van der Waals surface area contributed by atoms with Crippen LogP contribution in [0.2, 0.25) is 5.02 Å². The molecule has 2 heterocycles. The number of rotatable bonds is 6. The number of aromatic nitrogens is 4. The summed E-state index contributed by atoms with van der Waals surface area (Å²) < 4.78 is 11.2. The van der Waals surface area contributed by atoms with E-state index in [1.165, 1.54) is 0 Å². The van der Waals surface area contributed by atoms with E-state index in [2.05, 4.69) is 20.6 Å². The van der Waals surface area contributed by atoms with Gasteiger partial charge in [-0.15, -0.1) is 10.2 Å². The fourth-order valence-electron chi connectivity index (χ4n) is 2.95. The van der Waals surface area contributed by atoms with Crippen molar-refractivity contribution in [3.05, 3.63) is 70.2 Å². The number of nitrogens with zero attached hydrogens (tertiary/aromatic N) is 3. The summed E-state index contributed by atoms with van der Waals surface area (Å²) >= 11 is 5.93. The molecule has 0 saturated heterocycles. The Balaban J connectivity index is 1.77. The van der Waals surface area contributed by atoms with E-state index in [0.717, 1.165) is 10.9 Å². The lowest BCUT2D eigenvalue weighted by atomic mass is 10.00. The summed E-state index contributed by atoms with van der Waals surface area (Å²) in [5.74, 6) is 1.32. The lowest BCUT2D eigenvalue weighted by Crippen LogP contribution is -2.04. The number of fused-ring (bicyclic) bond motifs is 1. The van der Waals surface area contributed by atoms with Crippen LogP contribution in [0.4, 0.5) is 0 Å². The Kier molecular flexibility index (Phi) is 4.60. The zero-order chi connectivity index (χ0) is 18.8. The number of H-pyrrole nitrogens is 1. The second-order valence-electron chi connectivity index (χ2n) is 5.94. The van der Waals surface area contributed by atoms with E-state index in [9.17, 15) is 4.79 Å². The van der Waals surface area contributed by atoms with Crippen molar-refractivity contribution in [2.45, 2.75) is 12.8 Å². The maximum absolute atomic E-state index is 13.0. The number of benzene rings is 2. The molecule has 2 aromatic heterocycles. The molecule has 0 fully saturated rings. The van der Waals surface area contributed by atoms with E-state index in [-0.39, 0.29) is 5.78 Å². The van der Waals surface area contributed by atoms with Gasteiger partial charge < -0.3 is 9.15 Å². The summed E-state index contributed by atoms with van der Waals surface area (Å²) in [6, 6.07) is 12.2. The third kappa shape index (κ3) is 3.41. The zero-order valence-corrected chi connectivity index (χ0v) is 15.2. The minimum atomic E-state index is -0.204. The average molecular weight is 383 g/mol. The number of nitrogens with one attached hydrogen (secondary N) is 1. The third-order valence-corrected chi connectivity index (χ3v) is 4.55. The maximum Gasteiger partial charge on any atom is 0.228 e. The number of ether oxygens (including phenoxy) is 1. The van der Waals surface area contributed by atoms with Crippen LogP contribution in [0.5, 0.6) is 5.75 Å². The molecular weight excluding hydrogens is 368 g/mol. The average Bonchev–Trinajstić information content (AvgIpc) is 3.33. The van der Waals surface area contributed by atoms with Gasteiger partial charge in [-0.05, 0) is 42.8 Å². The van der Waals surface area contributed by atoms with Crippen molar-refractivity contribution in [3.8, 4) is 5.75 Å². The molecule has 0 amide bonds. The number of hydrogen-bond donors (Lipinski definition) is 1. The van der Waals surface area contributed by atoms with Gasteiger partial charge >= 0.3 is 0 Å². The monoisotopic (exact) mass is 382 g/mol. The Morgan fingerprint density at radius 2 is 2.00 bits per heavy atom. The van der Waals surface area contributed by atoms with Gasteiger partial charge in [-0.3, -0.25) is 4.79 Å². The number of aromatic amines is 1. The highest BCUT2D eigenvalue weighted by Crippen LogP contribution is 2.31. The molecule has 4 aromatic rings. The Hall–Kier alpha value is -3.19. The van der Waals surface area contributed by atoms with E-state index >= 15 is 0 Å². The number of halogens is 1. The van der Waals surface area contributed by atoms with Crippen molar-refractivity contribution < 1.29 is 13.9 Å². The number of furan rings is 1. The van der Waals surface area contributed by atoms with Crippen LogP contribution < -0.4 is 4.74 Å². The lowest BCUT2D eigenvalue weighted by molar-refractivity contribution is 0.101. The van der Waals surface area contributed by atoms with E-state index in [0.29, 0.717) is 46.3 Å². The molecule has 2 aromatic carbocycles. The molecule has 0 aliphatic carbocycles. The predicted octanol–water partition coefficient (Wildman–Crippen LogP) is 3.62. The number of hydrogen-bond acceptors (Lipinski definition) is 6. The summed E-state index contributed by atoms with van der Waals surface area (Å²) in [6.07, 6.45) is 1.06. The molecule has 0 unspecified atom stereocenters. The summed E-state index contributed by atoms with van der Waals surface area (Å²) in [5, 5.41) is 15.4. The van der Waals surface area contributed by atoms with Crippen LogP contribution >= 0.6 is 11.6 Å². The second-order valence-corrected chi connectivity index (χ2v) is 6.37. The van der Waals surface area contributed by atoms with Crippen LogP contribution in [0, 0.1) is 0 Å². The molecule has 136 valence electrons. The maximum atomic E-state index is 13.0. The highest BCUT2D eigenvalue weighted by molar-refractivity contribution is 6.30. The molecule has 7 nitrogen and oxygen atoms in total. The standard InChI is InChI=1S/C19H15ClN4O3/c1-26-13-6-7-14-15(8-9-17-21-23-24-22-17)19(27-16(14)10-13)18(25)11-2-4-12(20)5-3-11/h2-7,10H,8-9H2,1H3,(H,21,22,23,24). The molecule has 8 heteroatoms. The van der Waals surface area contributed by atoms with Crippen molar-refractivity contribution in [2.75, 3.05) is 7.11 Å². The highest BCUT2D eigenvalue weighted by atomic mass is 35.5. The Morgan fingerprint density at radius 1 is 1.19 bits per heavy atom. The van der Waals surface area contributed by atoms with Gasteiger partial charge in [-0.1, -0.05) is 16.8 Å². The van der Waals surface area contributed by atoms with E-state index in [4.69, 9.17) is 20.8 Å². The molecule has 0 atom stereocenters. The summed E-state index contributed by atoms with van der Waals surface area (Å²) in [6.45, 7) is 0. The number of carbonyl (C=O) groups is 1. The van der Waals surface area contributed by atoms with Gasteiger partial charge in [0, 0.05) is 34.0 Å². The molecule has 0 radical (unpaired) electrons. The van der Waals surface area contributed by atoms with Gasteiger partial charge in [-0.2, -0.15) is 5.21 Å². The van der Waals surface area contributed by atoms with Gasteiger partial charge in [0.25, 0.3) is 0 Å². The summed E-state index contributed by atoms with van der Waals surface area (Å²) in [7, 11) is 1.58.